The molecule has 0 unspecified atom stereocenters. The van der Waals surface area contributed by atoms with Crippen LogP contribution in [0.15, 0.2) is 18.3 Å². The molecular weight excluding hydrogens is 379 g/mol. The molecule has 0 amide bonds. The third-order valence-electron chi connectivity index (χ3n) is 2.63. The summed E-state index contributed by atoms with van der Waals surface area (Å²) in [6.45, 7) is 2.10. The van der Waals surface area contributed by atoms with Gasteiger partial charge in [-0.15, -0.1) is 0 Å². The van der Waals surface area contributed by atoms with E-state index in [1.165, 1.54) is 6.20 Å². The quantitative estimate of drug-likeness (QED) is 0.641. The van der Waals surface area contributed by atoms with E-state index in [-0.39, 0.29) is 0 Å². The number of anilines is 1. The van der Waals surface area contributed by atoms with Crippen LogP contribution in [0.5, 0.6) is 0 Å². The first-order valence-corrected chi connectivity index (χ1v) is 7.16. The molecule has 0 saturated heterocycles. The predicted octanol–water partition coefficient (Wildman–Crippen LogP) is 3.71. The van der Waals surface area contributed by atoms with Crippen LogP contribution in [0.1, 0.15) is 17.3 Å². The molecule has 6 heteroatoms. The number of hydrogen-bond acceptors (Lipinski definition) is 4. The number of carbonyl (C=O) groups is 1. The second-order valence-electron chi connectivity index (χ2n) is 3.80. The Hall–Kier alpha value is -1.08. The zero-order valence-electron chi connectivity index (χ0n) is 10.5. The summed E-state index contributed by atoms with van der Waals surface area (Å²) in [5.41, 5.74) is 1.76. The van der Waals surface area contributed by atoms with E-state index in [0.717, 1.165) is 8.96 Å². The third-order valence-corrected chi connectivity index (χ3v) is 3.55. The molecule has 19 heavy (non-hydrogen) atoms. The summed E-state index contributed by atoms with van der Waals surface area (Å²) >= 11 is 8.35. The molecule has 0 atom stereocenters. The zero-order valence-corrected chi connectivity index (χ0v) is 13.4. The van der Waals surface area contributed by atoms with Crippen molar-refractivity contribution in [2.75, 3.05) is 19.0 Å². The molecule has 4 nitrogen and oxygen atoms in total. The van der Waals surface area contributed by atoms with Crippen molar-refractivity contribution in [2.45, 2.75) is 6.92 Å². The summed E-state index contributed by atoms with van der Waals surface area (Å²) in [5, 5.41) is 4.40. The summed E-state index contributed by atoms with van der Waals surface area (Å²) in [7, 11) is 1.76. The van der Waals surface area contributed by atoms with Crippen LogP contribution in [0.3, 0.4) is 0 Å². The van der Waals surface area contributed by atoms with Crippen LogP contribution >= 0.6 is 34.2 Å². The Morgan fingerprint density at radius 3 is 2.89 bits per heavy atom. The van der Waals surface area contributed by atoms with E-state index < -0.39 is 5.97 Å². The standard InChI is InChI=1S/C13H12ClIN2O2/c1-3-19-13(18)9-6-17-12-8(11(9)16-2)4-7(15)5-10(12)14/h4-6H,3H2,1-2H3,(H,16,17). The molecule has 0 bridgehead atoms. The second kappa shape index (κ2) is 5.92. The Balaban J connectivity index is 2.72. The van der Waals surface area contributed by atoms with Gasteiger partial charge in [-0.2, -0.15) is 0 Å². The number of aromatic nitrogens is 1. The van der Waals surface area contributed by atoms with Gasteiger partial charge in [0.2, 0.25) is 0 Å². The lowest BCUT2D eigenvalue weighted by Crippen LogP contribution is -2.09. The molecule has 1 aromatic heterocycles. The highest BCUT2D eigenvalue weighted by atomic mass is 127. The maximum Gasteiger partial charge on any atom is 0.341 e. The van der Waals surface area contributed by atoms with E-state index in [1.807, 2.05) is 12.1 Å². The van der Waals surface area contributed by atoms with Crippen LogP contribution in [-0.2, 0) is 4.74 Å². The molecule has 0 aliphatic heterocycles. The van der Waals surface area contributed by atoms with Crippen LogP contribution < -0.4 is 5.32 Å². The highest BCUT2D eigenvalue weighted by Crippen LogP contribution is 2.32. The lowest BCUT2D eigenvalue weighted by molar-refractivity contribution is 0.0527. The van der Waals surface area contributed by atoms with Crippen molar-refractivity contribution >= 4 is 56.8 Å². The zero-order chi connectivity index (χ0) is 14.0. The smallest absolute Gasteiger partial charge is 0.341 e. The van der Waals surface area contributed by atoms with Crippen molar-refractivity contribution in [3.63, 3.8) is 0 Å². The fourth-order valence-electron chi connectivity index (χ4n) is 1.86. The van der Waals surface area contributed by atoms with Gasteiger partial charge in [0, 0.05) is 22.2 Å². The number of hydrogen-bond donors (Lipinski definition) is 1. The number of esters is 1. The van der Waals surface area contributed by atoms with Gasteiger partial charge in [0.1, 0.15) is 5.56 Å². The number of carbonyl (C=O) groups excluding carboxylic acids is 1. The monoisotopic (exact) mass is 390 g/mol. The normalized spacial score (nSPS) is 10.5. The summed E-state index contributed by atoms with van der Waals surface area (Å²) < 4.78 is 6.01. The van der Waals surface area contributed by atoms with Crippen LogP contribution in [0.4, 0.5) is 5.69 Å². The fraction of sp³-hybridized carbons (Fsp3) is 0.231. The van der Waals surface area contributed by atoms with E-state index in [9.17, 15) is 4.79 Å². The third kappa shape index (κ3) is 2.76. The van der Waals surface area contributed by atoms with Crippen LogP contribution in [-0.4, -0.2) is 24.6 Å². The molecule has 1 N–H and O–H groups in total. The van der Waals surface area contributed by atoms with E-state index in [2.05, 4.69) is 32.9 Å². The highest BCUT2D eigenvalue weighted by molar-refractivity contribution is 14.1. The molecule has 0 fully saturated rings. The molecule has 0 radical (unpaired) electrons. The Labute approximate surface area is 129 Å². The van der Waals surface area contributed by atoms with Crippen molar-refractivity contribution in [3.8, 4) is 0 Å². The number of halogens is 2. The number of nitrogens with zero attached hydrogens (tertiary/aromatic N) is 1. The first kappa shape index (κ1) is 14.3. The first-order valence-electron chi connectivity index (χ1n) is 5.71. The van der Waals surface area contributed by atoms with Gasteiger partial charge < -0.3 is 10.1 Å². The molecule has 0 aliphatic rings. The van der Waals surface area contributed by atoms with E-state index in [1.54, 1.807) is 14.0 Å². The number of nitrogens with one attached hydrogen (secondary N) is 1. The topological polar surface area (TPSA) is 51.2 Å². The van der Waals surface area contributed by atoms with Crippen molar-refractivity contribution < 1.29 is 9.53 Å². The molecule has 2 aromatic rings. The molecule has 2 rings (SSSR count). The lowest BCUT2D eigenvalue weighted by Gasteiger charge is -2.12. The Kier molecular flexibility index (Phi) is 4.46. The van der Waals surface area contributed by atoms with Crippen molar-refractivity contribution in [1.82, 2.24) is 4.98 Å². The molecular formula is C13H12ClIN2O2. The summed E-state index contributed by atoms with van der Waals surface area (Å²) in [6.07, 6.45) is 1.49. The molecule has 100 valence electrons. The largest absolute Gasteiger partial charge is 0.462 e. The van der Waals surface area contributed by atoms with Gasteiger partial charge in [0.05, 0.1) is 22.8 Å². The van der Waals surface area contributed by atoms with Gasteiger partial charge in [-0.1, -0.05) is 11.6 Å². The molecule has 1 aromatic carbocycles. The Morgan fingerprint density at radius 2 is 2.26 bits per heavy atom. The van der Waals surface area contributed by atoms with E-state index in [4.69, 9.17) is 16.3 Å². The number of benzene rings is 1. The minimum atomic E-state index is -0.392. The van der Waals surface area contributed by atoms with Gasteiger partial charge >= 0.3 is 5.97 Å². The molecule has 0 saturated carbocycles. The number of fused-ring (bicyclic) bond motifs is 1. The second-order valence-corrected chi connectivity index (χ2v) is 5.45. The average molecular weight is 391 g/mol. The van der Waals surface area contributed by atoms with Crippen LogP contribution in [0, 0.1) is 3.57 Å². The highest BCUT2D eigenvalue weighted by Gasteiger charge is 2.17. The average Bonchev–Trinajstić information content (AvgIpc) is 2.37. The number of ether oxygens (including phenoxy) is 1. The summed E-state index contributed by atoms with van der Waals surface area (Å²) in [4.78, 5) is 16.2. The Bertz CT molecular complexity index is 646. The van der Waals surface area contributed by atoms with Crippen molar-refractivity contribution in [2.24, 2.45) is 0 Å². The SMILES string of the molecule is CCOC(=O)c1cnc2c(Cl)cc(I)cc2c1NC. The van der Waals surface area contributed by atoms with Crippen LogP contribution in [0.2, 0.25) is 5.02 Å². The predicted molar refractivity (Wildman–Crippen MR) is 85.0 cm³/mol. The van der Waals surface area contributed by atoms with Crippen molar-refractivity contribution in [3.05, 3.63) is 32.5 Å². The first-order chi connectivity index (χ1) is 9.08. The van der Waals surface area contributed by atoms with E-state index in [0.29, 0.717) is 28.4 Å². The van der Waals surface area contributed by atoms with Crippen molar-refractivity contribution in [1.29, 1.82) is 0 Å². The number of pyridine rings is 1. The maximum absolute atomic E-state index is 11.9. The van der Waals surface area contributed by atoms with Gasteiger partial charge in [0.15, 0.2) is 0 Å². The lowest BCUT2D eigenvalue weighted by atomic mass is 10.1. The number of rotatable bonds is 3. The maximum atomic E-state index is 11.9. The summed E-state index contributed by atoms with van der Waals surface area (Å²) in [5.74, 6) is -0.392. The van der Waals surface area contributed by atoms with Gasteiger partial charge in [-0.05, 0) is 41.6 Å². The van der Waals surface area contributed by atoms with Crippen LogP contribution in [0.25, 0.3) is 10.9 Å². The van der Waals surface area contributed by atoms with E-state index >= 15 is 0 Å². The van der Waals surface area contributed by atoms with Gasteiger partial charge in [-0.25, -0.2) is 4.79 Å². The Morgan fingerprint density at radius 1 is 1.53 bits per heavy atom. The van der Waals surface area contributed by atoms with Gasteiger partial charge in [-0.3, -0.25) is 4.98 Å². The fourth-order valence-corrected chi connectivity index (χ4v) is 2.93. The van der Waals surface area contributed by atoms with Gasteiger partial charge in [0.25, 0.3) is 0 Å². The molecule has 1 heterocycles. The molecule has 0 spiro atoms. The minimum Gasteiger partial charge on any atom is -0.462 e. The summed E-state index contributed by atoms with van der Waals surface area (Å²) in [6, 6.07) is 3.77. The minimum absolute atomic E-state index is 0.326. The molecule has 0 aliphatic carbocycles.